The molecule has 2 aliphatic heterocycles. The summed E-state index contributed by atoms with van der Waals surface area (Å²) in [5, 5.41) is 0. The van der Waals surface area contributed by atoms with E-state index < -0.39 is 0 Å². The van der Waals surface area contributed by atoms with Crippen molar-refractivity contribution in [3.63, 3.8) is 0 Å². The van der Waals surface area contributed by atoms with E-state index in [0.29, 0.717) is 41.5 Å². The third kappa shape index (κ3) is 3.02. The predicted molar refractivity (Wildman–Crippen MR) is 118 cm³/mol. The number of hydrogen-bond acceptors (Lipinski definition) is 5. The number of imidazole rings is 1. The molecular weight excluding hydrogens is 406 g/mol. The molecule has 0 unspecified atom stereocenters. The van der Waals surface area contributed by atoms with Crippen molar-refractivity contribution in [2.24, 2.45) is 0 Å². The molecule has 0 bridgehead atoms. The van der Waals surface area contributed by atoms with Gasteiger partial charge in [0.2, 0.25) is 5.91 Å². The number of imide groups is 1. The van der Waals surface area contributed by atoms with Gasteiger partial charge in [0.1, 0.15) is 0 Å². The Hall–Kier alpha value is -3.52. The fraction of sp³-hybridized carbons (Fsp3) is 0.333. The first-order valence-corrected chi connectivity index (χ1v) is 11.0. The van der Waals surface area contributed by atoms with E-state index in [1.54, 1.807) is 24.3 Å². The van der Waals surface area contributed by atoms with Gasteiger partial charge in [0.15, 0.2) is 5.65 Å². The largest absolute Gasteiger partial charge is 0.307 e. The molecule has 1 saturated carbocycles. The van der Waals surface area contributed by atoms with Crippen LogP contribution < -0.4 is 4.90 Å². The normalized spacial score (nSPS) is 19.3. The van der Waals surface area contributed by atoms with Crippen LogP contribution in [0.3, 0.4) is 0 Å². The summed E-state index contributed by atoms with van der Waals surface area (Å²) in [5.41, 5.74) is 4.17. The van der Waals surface area contributed by atoms with E-state index >= 15 is 0 Å². The average Bonchev–Trinajstić information content (AvgIpc) is 3.51. The lowest BCUT2D eigenvalue weighted by atomic mass is 10.1. The number of nitrogens with zero attached hydrogens (tertiary/aromatic N) is 5. The number of hydrogen-bond donors (Lipinski definition) is 0. The molecule has 8 heteroatoms. The Balaban J connectivity index is 1.38. The summed E-state index contributed by atoms with van der Waals surface area (Å²) >= 11 is 0. The number of aromatic nitrogens is 2. The molecule has 1 aliphatic carbocycles. The zero-order valence-electron chi connectivity index (χ0n) is 17.8. The van der Waals surface area contributed by atoms with E-state index in [2.05, 4.69) is 12.3 Å². The minimum absolute atomic E-state index is 0.0542. The summed E-state index contributed by atoms with van der Waals surface area (Å²) in [6.07, 6.45) is 6.24. The molecule has 0 spiro atoms. The van der Waals surface area contributed by atoms with Crippen molar-refractivity contribution >= 4 is 29.1 Å². The van der Waals surface area contributed by atoms with Crippen LogP contribution >= 0.6 is 0 Å². The van der Waals surface area contributed by atoms with Gasteiger partial charge in [-0.2, -0.15) is 0 Å². The van der Waals surface area contributed by atoms with Gasteiger partial charge in [0.05, 0.1) is 35.6 Å². The first kappa shape index (κ1) is 19.2. The van der Waals surface area contributed by atoms with Gasteiger partial charge in [-0.15, -0.1) is 0 Å². The van der Waals surface area contributed by atoms with E-state index in [0.717, 1.165) is 25.1 Å². The molecule has 2 fully saturated rings. The number of piperazine rings is 1. The Labute approximate surface area is 185 Å². The zero-order valence-corrected chi connectivity index (χ0v) is 17.8. The molecular formula is C24H23N5O3. The molecule has 0 N–H and O–H groups in total. The summed E-state index contributed by atoms with van der Waals surface area (Å²) in [5.74, 6) is -0.0205. The van der Waals surface area contributed by atoms with Crippen LogP contribution in [-0.2, 0) is 11.3 Å². The van der Waals surface area contributed by atoms with Crippen LogP contribution in [0, 0.1) is 0 Å². The van der Waals surface area contributed by atoms with Crippen LogP contribution in [-0.4, -0.2) is 63.6 Å². The maximum atomic E-state index is 12.8. The summed E-state index contributed by atoms with van der Waals surface area (Å²) in [6, 6.07) is 8.97. The quantitative estimate of drug-likeness (QED) is 0.595. The number of anilines is 1. The van der Waals surface area contributed by atoms with E-state index in [1.165, 1.54) is 10.5 Å². The summed E-state index contributed by atoms with van der Waals surface area (Å²) in [6.45, 7) is 1.89. The van der Waals surface area contributed by atoms with Crippen molar-refractivity contribution in [2.75, 3.05) is 31.6 Å². The second-order valence-corrected chi connectivity index (χ2v) is 8.92. The molecule has 3 aromatic rings. The number of carbonyl (C=O) groups excluding carboxylic acids is 3. The van der Waals surface area contributed by atoms with E-state index in [9.17, 15) is 14.4 Å². The lowest BCUT2D eigenvalue weighted by molar-refractivity contribution is -0.120. The Kier molecular flexibility index (Phi) is 4.19. The van der Waals surface area contributed by atoms with E-state index in [1.807, 2.05) is 27.4 Å². The molecule has 1 saturated heterocycles. The highest BCUT2D eigenvalue weighted by Gasteiger charge is 2.36. The Morgan fingerprint density at radius 3 is 2.38 bits per heavy atom. The maximum Gasteiger partial charge on any atom is 0.261 e. The van der Waals surface area contributed by atoms with Crippen molar-refractivity contribution in [2.45, 2.75) is 25.3 Å². The van der Waals surface area contributed by atoms with Crippen LogP contribution in [0.15, 0.2) is 42.7 Å². The van der Waals surface area contributed by atoms with E-state index in [-0.39, 0.29) is 24.3 Å². The summed E-state index contributed by atoms with van der Waals surface area (Å²) in [4.78, 5) is 48.2. The van der Waals surface area contributed by atoms with E-state index in [4.69, 9.17) is 4.98 Å². The molecule has 8 nitrogen and oxygen atoms in total. The van der Waals surface area contributed by atoms with Gasteiger partial charge < -0.3 is 9.30 Å². The van der Waals surface area contributed by atoms with Crippen LogP contribution in [0.1, 0.15) is 50.7 Å². The SMILES string of the molecule is CN1CCN(c2cc(C3CC3)cn3cc(CN4C(=O)c5ccccc5C4=O)nc23)C(=O)C1. The Bertz CT molecular complexity index is 1260. The number of likely N-dealkylation sites (N-methyl/N-ethyl adjacent to an activating group) is 1. The number of benzene rings is 1. The van der Waals surface area contributed by atoms with Crippen LogP contribution in [0.25, 0.3) is 5.65 Å². The van der Waals surface area contributed by atoms with Crippen molar-refractivity contribution in [1.29, 1.82) is 0 Å². The lowest BCUT2D eigenvalue weighted by Crippen LogP contribution is -2.49. The Morgan fingerprint density at radius 2 is 1.72 bits per heavy atom. The van der Waals surface area contributed by atoms with Gasteiger partial charge in [0, 0.05) is 25.5 Å². The topological polar surface area (TPSA) is 78.2 Å². The smallest absolute Gasteiger partial charge is 0.261 e. The number of rotatable bonds is 4. The molecule has 3 aliphatic rings. The number of pyridine rings is 1. The van der Waals surface area contributed by atoms with Crippen molar-refractivity contribution < 1.29 is 14.4 Å². The third-order valence-corrected chi connectivity index (χ3v) is 6.55. The molecule has 32 heavy (non-hydrogen) atoms. The highest BCUT2D eigenvalue weighted by Crippen LogP contribution is 2.42. The first-order chi connectivity index (χ1) is 15.5. The third-order valence-electron chi connectivity index (χ3n) is 6.55. The van der Waals surface area contributed by atoms with Crippen molar-refractivity contribution in [3.05, 3.63) is 65.1 Å². The summed E-state index contributed by atoms with van der Waals surface area (Å²) in [7, 11) is 1.95. The van der Waals surface area contributed by atoms with Gasteiger partial charge in [-0.3, -0.25) is 24.2 Å². The predicted octanol–water partition coefficient (Wildman–Crippen LogP) is 2.29. The molecule has 0 atom stereocenters. The number of fused-ring (bicyclic) bond motifs is 2. The van der Waals surface area contributed by atoms with Crippen molar-refractivity contribution in [1.82, 2.24) is 19.2 Å². The molecule has 6 rings (SSSR count). The van der Waals surface area contributed by atoms with Crippen molar-refractivity contribution in [3.8, 4) is 0 Å². The zero-order chi connectivity index (χ0) is 22.0. The fourth-order valence-electron chi connectivity index (χ4n) is 4.66. The fourth-order valence-corrected chi connectivity index (χ4v) is 4.66. The number of carbonyl (C=O) groups is 3. The maximum absolute atomic E-state index is 12.8. The Morgan fingerprint density at radius 1 is 1.00 bits per heavy atom. The number of amides is 3. The minimum atomic E-state index is -0.296. The molecule has 4 heterocycles. The second-order valence-electron chi connectivity index (χ2n) is 8.92. The minimum Gasteiger partial charge on any atom is -0.307 e. The highest BCUT2D eigenvalue weighted by atomic mass is 16.2. The van der Waals surface area contributed by atoms with Gasteiger partial charge in [-0.05, 0) is 49.6 Å². The second kappa shape index (κ2) is 7.00. The first-order valence-electron chi connectivity index (χ1n) is 11.0. The summed E-state index contributed by atoms with van der Waals surface area (Å²) < 4.78 is 1.95. The van der Waals surface area contributed by atoms with Crippen LogP contribution in [0.2, 0.25) is 0 Å². The lowest BCUT2D eigenvalue weighted by Gasteiger charge is -2.32. The average molecular weight is 429 g/mol. The van der Waals surface area contributed by atoms with Gasteiger partial charge >= 0.3 is 0 Å². The van der Waals surface area contributed by atoms with Crippen LogP contribution in [0.5, 0.6) is 0 Å². The molecule has 0 radical (unpaired) electrons. The van der Waals surface area contributed by atoms with Gasteiger partial charge in [-0.1, -0.05) is 12.1 Å². The van der Waals surface area contributed by atoms with Gasteiger partial charge in [-0.25, -0.2) is 4.98 Å². The van der Waals surface area contributed by atoms with Gasteiger partial charge in [0.25, 0.3) is 11.8 Å². The molecule has 3 amide bonds. The monoisotopic (exact) mass is 429 g/mol. The highest BCUT2D eigenvalue weighted by molar-refractivity contribution is 6.21. The van der Waals surface area contributed by atoms with Crippen LogP contribution in [0.4, 0.5) is 5.69 Å². The molecule has 2 aromatic heterocycles. The molecule has 1 aromatic carbocycles. The molecule has 162 valence electrons. The standard InChI is InChI=1S/C24H23N5O3/c1-26-8-9-28(21(30)14-26)20-10-16(15-6-7-15)11-27-12-17(25-22(20)27)13-29-23(31)18-4-2-3-5-19(18)24(29)32/h2-5,10-12,15H,6-9,13-14H2,1H3.